The lowest BCUT2D eigenvalue weighted by molar-refractivity contribution is 0.0659. The van der Waals surface area contributed by atoms with Crippen molar-refractivity contribution in [2.45, 2.75) is 70.9 Å². The molecular weight excluding hydrogens is 290 g/mol. The Kier molecular flexibility index (Phi) is 5.95. The van der Waals surface area contributed by atoms with Gasteiger partial charge in [-0.15, -0.1) is 0 Å². The largest absolute Gasteiger partial charge is 0.394 e. The van der Waals surface area contributed by atoms with Gasteiger partial charge in [0, 0.05) is 18.6 Å². The molecule has 2 fully saturated rings. The van der Waals surface area contributed by atoms with Crippen LogP contribution in [0.4, 0.5) is 4.79 Å². The molecule has 1 heterocycles. The van der Waals surface area contributed by atoms with Crippen LogP contribution < -0.4 is 10.6 Å². The highest BCUT2D eigenvalue weighted by Crippen LogP contribution is 2.39. The van der Waals surface area contributed by atoms with Crippen molar-refractivity contribution >= 4 is 6.03 Å². The molecule has 0 spiro atoms. The van der Waals surface area contributed by atoms with Crippen LogP contribution in [-0.2, 0) is 0 Å². The van der Waals surface area contributed by atoms with Gasteiger partial charge in [-0.05, 0) is 64.8 Å². The number of urea groups is 1. The number of nitrogens with one attached hydrogen (secondary N) is 2. The molecule has 5 nitrogen and oxygen atoms in total. The SMILES string of the molecule is CCC1CCCN(C(C)(C)CNC(=O)NC(C)(CO)C2CC2)C1. The van der Waals surface area contributed by atoms with Crippen LogP contribution in [0.1, 0.15) is 59.8 Å². The zero-order valence-electron chi connectivity index (χ0n) is 15.3. The molecule has 2 atom stereocenters. The molecule has 1 aliphatic heterocycles. The Bertz CT molecular complexity index is 409. The molecule has 1 saturated heterocycles. The second-order valence-electron chi connectivity index (χ2n) is 8.33. The molecule has 1 saturated carbocycles. The molecule has 0 aromatic heterocycles. The summed E-state index contributed by atoms with van der Waals surface area (Å²) in [5, 5.41) is 15.6. The van der Waals surface area contributed by atoms with Gasteiger partial charge < -0.3 is 15.7 Å². The standard InChI is InChI=1S/C18H35N3O2/c1-5-14-7-6-10-21(11-14)17(2,3)12-19-16(23)20-18(4,13-22)15-8-9-15/h14-15,22H,5-13H2,1-4H3,(H2,19,20,23). The van der Waals surface area contributed by atoms with E-state index in [9.17, 15) is 9.90 Å². The lowest BCUT2D eigenvalue weighted by atomic mass is 9.91. The van der Waals surface area contributed by atoms with Gasteiger partial charge in [0.2, 0.25) is 0 Å². The molecule has 2 amide bonds. The molecule has 23 heavy (non-hydrogen) atoms. The summed E-state index contributed by atoms with van der Waals surface area (Å²) in [6.07, 6.45) is 5.99. The van der Waals surface area contributed by atoms with E-state index >= 15 is 0 Å². The van der Waals surface area contributed by atoms with E-state index in [2.05, 4.69) is 36.3 Å². The first kappa shape index (κ1) is 18.5. The number of hydrogen-bond acceptors (Lipinski definition) is 3. The summed E-state index contributed by atoms with van der Waals surface area (Å²) in [4.78, 5) is 14.8. The first-order valence-corrected chi connectivity index (χ1v) is 9.22. The maximum Gasteiger partial charge on any atom is 0.315 e. The molecule has 3 N–H and O–H groups in total. The third-order valence-electron chi connectivity index (χ3n) is 5.84. The van der Waals surface area contributed by atoms with Gasteiger partial charge in [0.05, 0.1) is 12.1 Å². The third-order valence-corrected chi connectivity index (χ3v) is 5.84. The average Bonchev–Trinajstić information content (AvgIpc) is 3.38. The van der Waals surface area contributed by atoms with Gasteiger partial charge in [-0.1, -0.05) is 13.3 Å². The third kappa shape index (κ3) is 4.83. The van der Waals surface area contributed by atoms with Gasteiger partial charge in [0.15, 0.2) is 0 Å². The minimum atomic E-state index is -0.480. The Labute approximate surface area is 141 Å². The highest BCUT2D eigenvalue weighted by Gasteiger charge is 2.42. The second-order valence-corrected chi connectivity index (χ2v) is 8.33. The van der Waals surface area contributed by atoms with Crippen molar-refractivity contribution in [2.24, 2.45) is 11.8 Å². The van der Waals surface area contributed by atoms with Crippen LogP contribution in [0.25, 0.3) is 0 Å². The zero-order valence-corrected chi connectivity index (χ0v) is 15.3. The van der Waals surface area contributed by atoms with Crippen LogP contribution in [0.3, 0.4) is 0 Å². The summed E-state index contributed by atoms with van der Waals surface area (Å²) in [5.74, 6) is 1.20. The Balaban J connectivity index is 1.82. The summed E-state index contributed by atoms with van der Waals surface area (Å²) >= 11 is 0. The van der Waals surface area contributed by atoms with Crippen molar-refractivity contribution < 1.29 is 9.90 Å². The number of likely N-dealkylation sites (tertiary alicyclic amines) is 1. The molecule has 0 aromatic rings. The zero-order chi connectivity index (χ0) is 17.1. The minimum absolute atomic E-state index is 0.00121. The fourth-order valence-corrected chi connectivity index (χ4v) is 3.65. The first-order valence-electron chi connectivity index (χ1n) is 9.22. The van der Waals surface area contributed by atoms with Crippen LogP contribution in [0.2, 0.25) is 0 Å². The summed E-state index contributed by atoms with van der Waals surface area (Å²) < 4.78 is 0. The van der Waals surface area contributed by atoms with Crippen molar-refractivity contribution in [3.8, 4) is 0 Å². The quantitative estimate of drug-likeness (QED) is 0.673. The molecule has 2 rings (SSSR count). The highest BCUT2D eigenvalue weighted by molar-refractivity contribution is 5.75. The van der Waals surface area contributed by atoms with E-state index in [1.54, 1.807) is 0 Å². The molecule has 134 valence electrons. The fraction of sp³-hybridized carbons (Fsp3) is 0.944. The van der Waals surface area contributed by atoms with E-state index in [1.165, 1.54) is 19.3 Å². The highest BCUT2D eigenvalue weighted by atomic mass is 16.3. The van der Waals surface area contributed by atoms with E-state index in [0.717, 1.165) is 31.8 Å². The summed E-state index contributed by atoms with van der Waals surface area (Å²) in [5.41, 5.74) is -0.521. The maximum absolute atomic E-state index is 12.2. The van der Waals surface area contributed by atoms with E-state index in [4.69, 9.17) is 0 Å². The number of piperidine rings is 1. The van der Waals surface area contributed by atoms with E-state index < -0.39 is 5.54 Å². The monoisotopic (exact) mass is 325 g/mol. The Morgan fingerprint density at radius 2 is 1.96 bits per heavy atom. The number of carbonyl (C=O) groups is 1. The predicted molar refractivity (Wildman–Crippen MR) is 93.4 cm³/mol. The fourth-order valence-electron chi connectivity index (χ4n) is 3.65. The predicted octanol–water partition coefficient (Wildman–Crippen LogP) is 2.35. The maximum atomic E-state index is 12.2. The molecule has 1 aliphatic carbocycles. The van der Waals surface area contributed by atoms with Crippen molar-refractivity contribution in [3.05, 3.63) is 0 Å². The number of rotatable bonds is 7. The van der Waals surface area contributed by atoms with Crippen LogP contribution in [0.15, 0.2) is 0 Å². The Morgan fingerprint density at radius 1 is 1.26 bits per heavy atom. The molecule has 0 bridgehead atoms. The number of hydrogen-bond donors (Lipinski definition) is 3. The summed E-state index contributed by atoms with van der Waals surface area (Å²) in [7, 11) is 0. The van der Waals surface area contributed by atoms with Crippen LogP contribution in [0.5, 0.6) is 0 Å². The molecule has 5 heteroatoms. The van der Waals surface area contributed by atoms with E-state index in [0.29, 0.717) is 12.5 Å². The lowest BCUT2D eigenvalue weighted by Gasteiger charge is -2.43. The number of aliphatic hydroxyl groups is 1. The van der Waals surface area contributed by atoms with Crippen LogP contribution in [-0.4, -0.2) is 53.4 Å². The van der Waals surface area contributed by atoms with Gasteiger partial charge >= 0.3 is 6.03 Å². The topological polar surface area (TPSA) is 64.6 Å². The van der Waals surface area contributed by atoms with Crippen molar-refractivity contribution in [2.75, 3.05) is 26.2 Å². The Hall–Kier alpha value is -0.810. The van der Waals surface area contributed by atoms with Crippen molar-refractivity contribution in [3.63, 3.8) is 0 Å². The van der Waals surface area contributed by atoms with E-state index in [-0.39, 0.29) is 18.2 Å². The normalized spacial score (nSPS) is 25.7. The van der Waals surface area contributed by atoms with Crippen molar-refractivity contribution in [1.29, 1.82) is 0 Å². The lowest BCUT2D eigenvalue weighted by Crippen LogP contribution is -2.59. The molecule has 2 unspecified atom stereocenters. The van der Waals surface area contributed by atoms with Gasteiger partial charge in [0.1, 0.15) is 0 Å². The molecule has 2 aliphatic rings. The van der Waals surface area contributed by atoms with Gasteiger partial charge in [0.25, 0.3) is 0 Å². The van der Waals surface area contributed by atoms with Gasteiger partial charge in [-0.3, -0.25) is 4.90 Å². The van der Waals surface area contributed by atoms with Crippen molar-refractivity contribution in [1.82, 2.24) is 15.5 Å². The number of aliphatic hydroxyl groups excluding tert-OH is 1. The number of nitrogens with zero attached hydrogens (tertiary/aromatic N) is 1. The molecule has 0 radical (unpaired) electrons. The summed E-state index contributed by atoms with van der Waals surface area (Å²) in [6, 6.07) is -0.162. The minimum Gasteiger partial charge on any atom is -0.394 e. The van der Waals surface area contributed by atoms with Crippen LogP contribution in [0, 0.1) is 11.8 Å². The number of amides is 2. The van der Waals surface area contributed by atoms with Gasteiger partial charge in [-0.25, -0.2) is 4.79 Å². The summed E-state index contributed by atoms with van der Waals surface area (Å²) in [6.45, 7) is 11.5. The van der Waals surface area contributed by atoms with Crippen LogP contribution >= 0.6 is 0 Å². The Morgan fingerprint density at radius 3 is 2.52 bits per heavy atom. The molecule has 0 aromatic carbocycles. The van der Waals surface area contributed by atoms with E-state index in [1.807, 2.05) is 6.92 Å². The number of carbonyl (C=O) groups excluding carboxylic acids is 1. The average molecular weight is 325 g/mol. The smallest absolute Gasteiger partial charge is 0.315 e. The first-order chi connectivity index (χ1) is 10.8. The van der Waals surface area contributed by atoms with Gasteiger partial charge in [-0.2, -0.15) is 0 Å². The molecular formula is C18H35N3O2. The second kappa shape index (κ2) is 7.39.